The van der Waals surface area contributed by atoms with Crippen molar-refractivity contribution < 1.29 is 4.74 Å². The molecule has 0 fully saturated rings. The maximum atomic E-state index is 5.62. The van der Waals surface area contributed by atoms with Gasteiger partial charge in [-0.3, -0.25) is 11.3 Å². The molecule has 0 bridgehead atoms. The van der Waals surface area contributed by atoms with Crippen LogP contribution in [0.2, 0.25) is 0 Å². The molecule has 0 amide bonds. The normalized spacial score (nSPS) is 10.3. The van der Waals surface area contributed by atoms with Gasteiger partial charge in [-0.05, 0) is 31.9 Å². The number of hydrazine groups is 1. The highest BCUT2D eigenvalue weighted by atomic mass is 16.5. The van der Waals surface area contributed by atoms with E-state index in [9.17, 15) is 0 Å². The molecule has 0 heterocycles. The second-order valence-electron chi connectivity index (χ2n) is 3.53. The first-order valence-electron chi connectivity index (χ1n) is 4.79. The highest BCUT2D eigenvalue weighted by Crippen LogP contribution is 2.24. The quantitative estimate of drug-likeness (QED) is 0.433. The van der Waals surface area contributed by atoms with Crippen molar-refractivity contribution in [3.05, 3.63) is 28.8 Å². The van der Waals surface area contributed by atoms with Crippen molar-refractivity contribution in [2.75, 3.05) is 13.2 Å². The Morgan fingerprint density at radius 2 is 1.79 bits per heavy atom. The predicted molar refractivity (Wildman–Crippen MR) is 58.3 cm³/mol. The van der Waals surface area contributed by atoms with E-state index >= 15 is 0 Å². The molecule has 0 aliphatic carbocycles. The highest BCUT2D eigenvalue weighted by Gasteiger charge is 2.03. The Morgan fingerprint density at radius 1 is 1.21 bits per heavy atom. The molecule has 0 spiro atoms. The Labute approximate surface area is 85.2 Å². The summed E-state index contributed by atoms with van der Waals surface area (Å²) < 4.78 is 5.62. The first-order chi connectivity index (χ1) is 6.65. The minimum atomic E-state index is 0.598. The zero-order valence-corrected chi connectivity index (χ0v) is 9.05. The Morgan fingerprint density at radius 3 is 2.29 bits per heavy atom. The van der Waals surface area contributed by atoms with Gasteiger partial charge in [0, 0.05) is 6.54 Å². The van der Waals surface area contributed by atoms with Crippen LogP contribution in [0.3, 0.4) is 0 Å². The van der Waals surface area contributed by atoms with Gasteiger partial charge in [0.25, 0.3) is 0 Å². The van der Waals surface area contributed by atoms with E-state index in [1.165, 1.54) is 16.7 Å². The largest absolute Gasteiger partial charge is 0.492 e. The molecule has 78 valence electrons. The minimum absolute atomic E-state index is 0.598. The number of benzene rings is 1. The summed E-state index contributed by atoms with van der Waals surface area (Å²) >= 11 is 0. The number of aryl methyl sites for hydroxylation is 3. The SMILES string of the molecule is Cc1cc(C)c(OCCNN)c(C)c1. The Balaban J connectivity index is 2.75. The number of hydrogen-bond donors (Lipinski definition) is 2. The lowest BCUT2D eigenvalue weighted by atomic mass is 10.1. The van der Waals surface area contributed by atoms with Crippen molar-refractivity contribution in [3.63, 3.8) is 0 Å². The molecule has 1 aromatic carbocycles. The lowest BCUT2D eigenvalue weighted by Crippen LogP contribution is -2.27. The molecule has 0 radical (unpaired) electrons. The van der Waals surface area contributed by atoms with Crippen LogP contribution in [0.1, 0.15) is 16.7 Å². The number of ether oxygens (including phenoxy) is 1. The number of nitrogens with two attached hydrogens (primary N) is 1. The monoisotopic (exact) mass is 194 g/mol. The van der Waals surface area contributed by atoms with E-state index < -0.39 is 0 Å². The first-order valence-corrected chi connectivity index (χ1v) is 4.79. The van der Waals surface area contributed by atoms with Gasteiger partial charge in [-0.2, -0.15) is 0 Å². The van der Waals surface area contributed by atoms with Gasteiger partial charge < -0.3 is 4.74 Å². The second kappa shape index (κ2) is 4.98. The summed E-state index contributed by atoms with van der Waals surface area (Å²) in [5.41, 5.74) is 6.19. The van der Waals surface area contributed by atoms with Gasteiger partial charge in [-0.25, -0.2) is 0 Å². The Hall–Kier alpha value is -1.06. The molecule has 0 saturated heterocycles. The first kappa shape index (κ1) is 11.0. The molecule has 0 unspecified atom stereocenters. The van der Waals surface area contributed by atoms with Crippen LogP contribution >= 0.6 is 0 Å². The maximum Gasteiger partial charge on any atom is 0.125 e. The van der Waals surface area contributed by atoms with Crippen molar-refractivity contribution in [1.82, 2.24) is 5.43 Å². The van der Waals surface area contributed by atoms with Gasteiger partial charge in [0.05, 0.1) is 0 Å². The van der Waals surface area contributed by atoms with Crippen molar-refractivity contribution in [1.29, 1.82) is 0 Å². The van der Waals surface area contributed by atoms with Gasteiger partial charge in [-0.15, -0.1) is 0 Å². The summed E-state index contributed by atoms with van der Waals surface area (Å²) in [5, 5.41) is 0. The molecule has 14 heavy (non-hydrogen) atoms. The zero-order valence-electron chi connectivity index (χ0n) is 9.05. The van der Waals surface area contributed by atoms with E-state index in [0.717, 1.165) is 5.75 Å². The van der Waals surface area contributed by atoms with Crippen LogP contribution in [0.25, 0.3) is 0 Å². The summed E-state index contributed by atoms with van der Waals surface area (Å²) in [6.07, 6.45) is 0. The average Bonchev–Trinajstić information content (AvgIpc) is 2.09. The second-order valence-corrected chi connectivity index (χ2v) is 3.53. The van der Waals surface area contributed by atoms with E-state index in [4.69, 9.17) is 10.6 Å². The fourth-order valence-electron chi connectivity index (χ4n) is 1.61. The molecular weight excluding hydrogens is 176 g/mol. The molecule has 3 heteroatoms. The third kappa shape index (κ3) is 2.72. The van der Waals surface area contributed by atoms with E-state index in [1.54, 1.807) is 0 Å². The highest BCUT2D eigenvalue weighted by molar-refractivity contribution is 5.42. The summed E-state index contributed by atoms with van der Waals surface area (Å²) in [5.74, 6) is 6.14. The molecule has 0 atom stereocenters. The van der Waals surface area contributed by atoms with Crippen LogP contribution in [0, 0.1) is 20.8 Å². The summed E-state index contributed by atoms with van der Waals surface area (Å²) in [6.45, 7) is 7.47. The molecule has 0 saturated carbocycles. The maximum absolute atomic E-state index is 5.62. The minimum Gasteiger partial charge on any atom is -0.492 e. The zero-order chi connectivity index (χ0) is 10.6. The van der Waals surface area contributed by atoms with Crippen molar-refractivity contribution in [2.45, 2.75) is 20.8 Å². The average molecular weight is 194 g/mol. The lowest BCUT2D eigenvalue weighted by Gasteiger charge is -2.12. The summed E-state index contributed by atoms with van der Waals surface area (Å²) in [4.78, 5) is 0. The third-order valence-corrected chi connectivity index (χ3v) is 2.10. The summed E-state index contributed by atoms with van der Waals surface area (Å²) in [7, 11) is 0. The third-order valence-electron chi connectivity index (χ3n) is 2.10. The molecule has 0 aliphatic heterocycles. The van der Waals surface area contributed by atoms with E-state index in [2.05, 4.69) is 38.3 Å². The van der Waals surface area contributed by atoms with Gasteiger partial charge >= 0.3 is 0 Å². The molecule has 1 aromatic rings. The van der Waals surface area contributed by atoms with Crippen molar-refractivity contribution in [3.8, 4) is 5.75 Å². The van der Waals surface area contributed by atoms with Crippen LogP contribution in [-0.4, -0.2) is 13.2 Å². The predicted octanol–water partition coefficient (Wildman–Crippen LogP) is 1.45. The van der Waals surface area contributed by atoms with E-state index in [1.807, 2.05) is 0 Å². The Bertz CT molecular complexity index is 287. The number of hydrogen-bond acceptors (Lipinski definition) is 3. The molecular formula is C11H18N2O. The van der Waals surface area contributed by atoms with E-state index in [-0.39, 0.29) is 0 Å². The molecule has 3 nitrogen and oxygen atoms in total. The number of nitrogens with one attached hydrogen (secondary N) is 1. The fraction of sp³-hybridized carbons (Fsp3) is 0.455. The summed E-state index contributed by atoms with van der Waals surface area (Å²) in [6, 6.07) is 4.25. The fourth-order valence-corrected chi connectivity index (χ4v) is 1.61. The molecule has 0 aliphatic rings. The van der Waals surface area contributed by atoms with E-state index in [0.29, 0.717) is 13.2 Å². The van der Waals surface area contributed by atoms with Crippen LogP contribution < -0.4 is 16.0 Å². The van der Waals surface area contributed by atoms with Crippen molar-refractivity contribution >= 4 is 0 Å². The molecule has 1 rings (SSSR count). The van der Waals surface area contributed by atoms with Gasteiger partial charge in [0.15, 0.2) is 0 Å². The topological polar surface area (TPSA) is 47.3 Å². The van der Waals surface area contributed by atoms with Gasteiger partial charge in [0.1, 0.15) is 12.4 Å². The van der Waals surface area contributed by atoms with Crippen LogP contribution in [0.4, 0.5) is 0 Å². The van der Waals surface area contributed by atoms with Gasteiger partial charge in [-0.1, -0.05) is 17.7 Å². The molecule has 3 N–H and O–H groups in total. The van der Waals surface area contributed by atoms with Crippen LogP contribution in [0.15, 0.2) is 12.1 Å². The van der Waals surface area contributed by atoms with Crippen LogP contribution in [0.5, 0.6) is 5.75 Å². The standard InChI is InChI=1S/C11H18N2O/c1-8-6-9(2)11(10(3)7-8)14-5-4-13-12/h6-7,13H,4-5,12H2,1-3H3. The number of rotatable bonds is 4. The van der Waals surface area contributed by atoms with Crippen LogP contribution in [-0.2, 0) is 0 Å². The lowest BCUT2D eigenvalue weighted by molar-refractivity contribution is 0.311. The smallest absolute Gasteiger partial charge is 0.125 e. The van der Waals surface area contributed by atoms with Gasteiger partial charge in [0.2, 0.25) is 0 Å². The molecule has 0 aromatic heterocycles. The Kier molecular flexibility index (Phi) is 3.92. The van der Waals surface area contributed by atoms with Crippen molar-refractivity contribution in [2.24, 2.45) is 5.84 Å².